The smallest absolute Gasteiger partial charge is 0.217 e. The lowest BCUT2D eigenvalue weighted by Gasteiger charge is -2.38. The van der Waals surface area contributed by atoms with Crippen molar-refractivity contribution >= 4 is 19.9 Å². The van der Waals surface area contributed by atoms with Crippen molar-refractivity contribution in [3.8, 4) is 0 Å². The van der Waals surface area contributed by atoms with Crippen LogP contribution in [0.4, 0.5) is 0 Å². The van der Waals surface area contributed by atoms with Crippen LogP contribution in [0.15, 0.2) is 0 Å². The molecular formula is C13H26N2O4S2. The maximum Gasteiger partial charge on any atom is 0.217 e. The molecule has 1 heterocycles. The Kier molecular flexibility index (Phi) is 5.33. The van der Waals surface area contributed by atoms with Crippen LogP contribution in [-0.2, 0) is 19.9 Å². The molecule has 1 saturated heterocycles. The molecule has 2 fully saturated rings. The van der Waals surface area contributed by atoms with Gasteiger partial charge in [0.15, 0.2) is 0 Å². The van der Waals surface area contributed by atoms with Gasteiger partial charge in [-0.1, -0.05) is 12.8 Å². The predicted octanol–water partition coefficient (Wildman–Crippen LogP) is 0.343. The van der Waals surface area contributed by atoms with Crippen LogP contribution in [0.2, 0.25) is 0 Å². The second kappa shape index (κ2) is 6.52. The van der Waals surface area contributed by atoms with Gasteiger partial charge in [-0.25, -0.2) is 21.1 Å². The number of sulfone groups is 1. The van der Waals surface area contributed by atoms with Gasteiger partial charge in [-0.2, -0.15) is 0 Å². The molecule has 1 aliphatic heterocycles. The second-order valence-corrected chi connectivity index (χ2v) is 10.8. The van der Waals surface area contributed by atoms with Crippen molar-refractivity contribution in [1.29, 1.82) is 0 Å². The van der Waals surface area contributed by atoms with Crippen molar-refractivity contribution in [2.45, 2.75) is 49.8 Å². The molecule has 1 aliphatic carbocycles. The van der Waals surface area contributed by atoms with Crippen LogP contribution in [0.1, 0.15) is 38.5 Å². The van der Waals surface area contributed by atoms with Gasteiger partial charge in [-0.05, 0) is 38.1 Å². The van der Waals surface area contributed by atoms with E-state index in [0.717, 1.165) is 25.7 Å². The Morgan fingerprint density at radius 3 is 2.24 bits per heavy atom. The molecule has 2 atom stereocenters. The minimum atomic E-state index is -3.44. The maximum atomic E-state index is 12.7. The molecule has 8 heteroatoms. The monoisotopic (exact) mass is 338 g/mol. The molecule has 2 rings (SSSR count). The summed E-state index contributed by atoms with van der Waals surface area (Å²) in [6, 6.07) is -0.0349. The zero-order valence-electron chi connectivity index (χ0n) is 12.6. The average molecular weight is 338 g/mol. The molecule has 0 aromatic carbocycles. The van der Waals surface area contributed by atoms with Gasteiger partial charge in [0.25, 0.3) is 0 Å². The van der Waals surface area contributed by atoms with Gasteiger partial charge in [0.05, 0.1) is 16.8 Å². The summed E-state index contributed by atoms with van der Waals surface area (Å²) >= 11 is 0. The van der Waals surface area contributed by atoms with Crippen molar-refractivity contribution in [3.05, 3.63) is 0 Å². The Bertz CT molecular complexity index is 545. The Morgan fingerprint density at radius 2 is 1.67 bits per heavy atom. The summed E-state index contributed by atoms with van der Waals surface area (Å²) in [6.45, 7) is 0.504. The predicted molar refractivity (Wildman–Crippen MR) is 83.2 cm³/mol. The van der Waals surface area contributed by atoms with E-state index in [1.165, 1.54) is 4.31 Å². The summed E-state index contributed by atoms with van der Waals surface area (Å²) in [7, 11) is -4.85. The van der Waals surface area contributed by atoms with Gasteiger partial charge < -0.3 is 5.73 Å². The summed E-state index contributed by atoms with van der Waals surface area (Å²) in [4.78, 5) is 0. The van der Waals surface area contributed by atoms with Crippen LogP contribution in [-0.4, -0.2) is 57.5 Å². The van der Waals surface area contributed by atoms with E-state index in [-0.39, 0.29) is 36.3 Å². The number of nitrogens with two attached hydrogens (primary N) is 1. The Labute approximate surface area is 128 Å². The van der Waals surface area contributed by atoms with Gasteiger partial charge in [0.1, 0.15) is 9.84 Å². The summed E-state index contributed by atoms with van der Waals surface area (Å²) in [5.74, 6) is 0.177. The SMILES string of the molecule is CN(C1CCCCC1CN)S(=O)(=O)C1CCS(=O)(=O)CC1. The number of hydrogen-bond acceptors (Lipinski definition) is 5. The molecule has 0 amide bonds. The molecular weight excluding hydrogens is 312 g/mol. The van der Waals surface area contributed by atoms with Gasteiger partial charge in [0, 0.05) is 13.1 Å². The molecule has 0 aromatic heterocycles. The lowest BCUT2D eigenvalue weighted by Crippen LogP contribution is -2.50. The van der Waals surface area contributed by atoms with E-state index >= 15 is 0 Å². The Morgan fingerprint density at radius 1 is 1.10 bits per heavy atom. The van der Waals surface area contributed by atoms with Gasteiger partial charge >= 0.3 is 0 Å². The summed E-state index contributed by atoms with van der Waals surface area (Å²) in [5, 5.41) is -0.564. The van der Waals surface area contributed by atoms with Gasteiger partial charge in [0.2, 0.25) is 10.0 Å². The van der Waals surface area contributed by atoms with E-state index in [1.54, 1.807) is 7.05 Å². The van der Waals surface area contributed by atoms with Crippen LogP contribution in [0, 0.1) is 5.92 Å². The van der Waals surface area contributed by atoms with Crippen molar-refractivity contribution in [2.24, 2.45) is 11.7 Å². The molecule has 124 valence electrons. The van der Waals surface area contributed by atoms with Crippen molar-refractivity contribution in [2.75, 3.05) is 25.1 Å². The molecule has 2 N–H and O–H groups in total. The minimum Gasteiger partial charge on any atom is -0.330 e. The minimum absolute atomic E-state index is 0.0181. The lowest BCUT2D eigenvalue weighted by atomic mass is 9.85. The van der Waals surface area contributed by atoms with E-state index in [2.05, 4.69) is 0 Å². The zero-order valence-corrected chi connectivity index (χ0v) is 14.2. The van der Waals surface area contributed by atoms with E-state index < -0.39 is 25.1 Å². The molecule has 6 nitrogen and oxygen atoms in total. The van der Waals surface area contributed by atoms with Crippen LogP contribution in [0.3, 0.4) is 0 Å². The summed E-state index contributed by atoms with van der Waals surface area (Å²) in [5.41, 5.74) is 5.79. The first-order valence-electron chi connectivity index (χ1n) is 7.65. The average Bonchev–Trinajstić information content (AvgIpc) is 2.46. The topological polar surface area (TPSA) is 97.5 Å². The molecule has 0 spiro atoms. The van der Waals surface area contributed by atoms with E-state index in [4.69, 9.17) is 5.73 Å². The van der Waals surface area contributed by atoms with Crippen molar-refractivity contribution in [3.63, 3.8) is 0 Å². The van der Waals surface area contributed by atoms with Crippen LogP contribution in [0.5, 0.6) is 0 Å². The molecule has 21 heavy (non-hydrogen) atoms. The number of sulfonamides is 1. The number of hydrogen-bond donors (Lipinski definition) is 1. The van der Waals surface area contributed by atoms with E-state index in [0.29, 0.717) is 6.54 Å². The van der Waals surface area contributed by atoms with Crippen molar-refractivity contribution < 1.29 is 16.8 Å². The third-order valence-electron chi connectivity index (χ3n) is 4.96. The molecule has 0 aromatic rings. The Balaban J connectivity index is 2.11. The molecule has 0 radical (unpaired) electrons. The lowest BCUT2D eigenvalue weighted by molar-refractivity contribution is 0.202. The normalized spacial score (nSPS) is 31.4. The van der Waals surface area contributed by atoms with Crippen LogP contribution < -0.4 is 5.73 Å². The van der Waals surface area contributed by atoms with Gasteiger partial charge in [-0.15, -0.1) is 0 Å². The highest BCUT2D eigenvalue weighted by molar-refractivity contribution is 7.92. The van der Waals surface area contributed by atoms with Crippen LogP contribution >= 0.6 is 0 Å². The van der Waals surface area contributed by atoms with E-state index in [9.17, 15) is 16.8 Å². The highest BCUT2D eigenvalue weighted by atomic mass is 32.2. The zero-order chi connectivity index (χ0) is 15.7. The summed E-state index contributed by atoms with van der Waals surface area (Å²) in [6.07, 6.45) is 4.39. The Hall–Kier alpha value is -0.180. The van der Waals surface area contributed by atoms with E-state index in [1.807, 2.05) is 0 Å². The quantitative estimate of drug-likeness (QED) is 0.797. The largest absolute Gasteiger partial charge is 0.330 e. The fourth-order valence-electron chi connectivity index (χ4n) is 3.53. The highest BCUT2D eigenvalue weighted by Gasteiger charge is 2.40. The first-order valence-corrected chi connectivity index (χ1v) is 11.0. The third-order valence-corrected chi connectivity index (χ3v) is 9.07. The maximum absolute atomic E-state index is 12.7. The number of rotatable bonds is 4. The molecule has 2 aliphatic rings. The molecule has 2 unspecified atom stereocenters. The fraction of sp³-hybridized carbons (Fsp3) is 1.00. The highest BCUT2D eigenvalue weighted by Crippen LogP contribution is 2.31. The molecule has 1 saturated carbocycles. The molecule has 0 bridgehead atoms. The van der Waals surface area contributed by atoms with Crippen molar-refractivity contribution in [1.82, 2.24) is 4.31 Å². The first-order chi connectivity index (χ1) is 9.78. The fourth-order valence-corrected chi connectivity index (χ4v) is 7.28. The second-order valence-electron chi connectivity index (χ2n) is 6.26. The summed E-state index contributed by atoms with van der Waals surface area (Å²) < 4.78 is 49.9. The van der Waals surface area contributed by atoms with Gasteiger partial charge in [-0.3, -0.25) is 0 Å². The third kappa shape index (κ3) is 3.78. The first kappa shape index (κ1) is 17.2. The standard InChI is InChI=1S/C13H26N2O4S2/c1-15(13-5-3-2-4-11(13)10-14)21(18,19)12-6-8-20(16,17)9-7-12/h11-13H,2-10,14H2,1H3. The van der Waals surface area contributed by atoms with Crippen LogP contribution in [0.25, 0.3) is 0 Å². The number of nitrogens with zero attached hydrogens (tertiary/aromatic N) is 1.